The van der Waals surface area contributed by atoms with Crippen molar-refractivity contribution in [2.75, 3.05) is 6.61 Å². The van der Waals surface area contributed by atoms with Crippen molar-refractivity contribution in [2.45, 2.75) is 32.7 Å². The highest BCUT2D eigenvalue weighted by Gasteiger charge is 2.12. The quantitative estimate of drug-likeness (QED) is 0.264. The summed E-state index contributed by atoms with van der Waals surface area (Å²) in [4.78, 5) is 18.0. The molecule has 0 N–H and O–H groups in total. The Hall–Kier alpha value is -2.82. The van der Waals surface area contributed by atoms with E-state index in [-0.39, 0.29) is 5.56 Å². The number of benzene rings is 3. The Labute approximate surface area is 197 Å². The van der Waals surface area contributed by atoms with Gasteiger partial charge in [-0.2, -0.15) is 0 Å². The van der Waals surface area contributed by atoms with Gasteiger partial charge in [0.25, 0.3) is 5.56 Å². The van der Waals surface area contributed by atoms with Gasteiger partial charge in [0.2, 0.25) is 0 Å². The van der Waals surface area contributed by atoms with E-state index in [1.54, 1.807) is 4.57 Å². The molecular weight excluding hydrogens is 443 g/mol. The highest BCUT2D eigenvalue weighted by molar-refractivity contribution is 6.32. The topological polar surface area (TPSA) is 44.1 Å². The summed E-state index contributed by atoms with van der Waals surface area (Å²) in [5.74, 6) is 1.37. The molecule has 0 aliphatic carbocycles. The van der Waals surface area contributed by atoms with Gasteiger partial charge in [0, 0.05) is 17.1 Å². The highest BCUT2D eigenvalue weighted by atomic mass is 35.5. The molecule has 3 aromatic carbocycles. The van der Waals surface area contributed by atoms with Crippen molar-refractivity contribution in [2.24, 2.45) is 0 Å². The molecule has 4 aromatic rings. The molecule has 0 amide bonds. The fraction of sp³-hybridized carbons (Fsp3) is 0.231. The van der Waals surface area contributed by atoms with Crippen LogP contribution in [0.4, 0.5) is 0 Å². The summed E-state index contributed by atoms with van der Waals surface area (Å²) in [6, 6.07) is 20.6. The molecule has 0 aliphatic rings. The summed E-state index contributed by atoms with van der Waals surface area (Å²) in [6.07, 6.45) is 2.63. The molecule has 32 heavy (non-hydrogen) atoms. The Balaban J connectivity index is 1.46. The van der Waals surface area contributed by atoms with Crippen LogP contribution < -0.4 is 10.3 Å². The van der Waals surface area contributed by atoms with Crippen molar-refractivity contribution in [1.82, 2.24) is 9.55 Å². The van der Waals surface area contributed by atoms with Crippen LogP contribution in [0.3, 0.4) is 0 Å². The van der Waals surface area contributed by atoms with Gasteiger partial charge in [-0.05, 0) is 80.3 Å². The first-order valence-electron chi connectivity index (χ1n) is 10.7. The summed E-state index contributed by atoms with van der Waals surface area (Å²) in [7, 11) is 0. The fourth-order valence-electron chi connectivity index (χ4n) is 3.65. The molecule has 0 saturated heterocycles. The van der Waals surface area contributed by atoms with E-state index in [0.717, 1.165) is 30.4 Å². The molecule has 0 radical (unpaired) electrons. The number of aryl methyl sites for hydroxylation is 1. The van der Waals surface area contributed by atoms with E-state index in [1.165, 1.54) is 0 Å². The van der Waals surface area contributed by atoms with Crippen molar-refractivity contribution in [3.05, 3.63) is 92.7 Å². The number of ether oxygens (including phenoxy) is 1. The van der Waals surface area contributed by atoms with Crippen molar-refractivity contribution in [3.8, 4) is 17.1 Å². The van der Waals surface area contributed by atoms with Gasteiger partial charge in [0.1, 0.15) is 11.6 Å². The van der Waals surface area contributed by atoms with Crippen LogP contribution in [0.1, 0.15) is 24.8 Å². The molecule has 0 saturated carbocycles. The van der Waals surface area contributed by atoms with E-state index in [0.29, 0.717) is 45.7 Å². The Morgan fingerprint density at radius 3 is 2.53 bits per heavy atom. The molecule has 0 atom stereocenters. The molecule has 0 spiro atoms. The van der Waals surface area contributed by atoms with Crippen LogP contribution in [0.2, 0.25) is 10.0 Å². The average molecular weight is 467 g/mol. The van der Waals surface area contributed by atoms with Gasteiger partial charge in [0.05, 0.1) is 22.5 Å². The minimum Gasteiger partial charge on any atom is -0.492 e. The molecule has 1 heterocycles. The molecule has 0 unspecified atom stereocenters. The zero-order valence-electron chi connectivity index (χ0n) is 17.9. The van der Waals surface area contributed by atoms with Crippen molar-refractivity contribution >= 4 is 34.1 Å². The van der Waals surface area contributed by atoms with Crippen LogP contribution in [-0.2, 0) is 6.54 Å². The predicted octanol–water partition coefficient (Wildman–Crippen LogP) is 6.93. The zero-order valence-corrected chi connectivity index (χ0v) is 19.4. The number of nitrogens with zero attached hydrogens (tertiary/aromatic N) is 2. The molecule has 164 valence electrons. The summed E-state index contributed by atoms with van der Waals surface area (Å²) < 4.78 is 7.60. The van der Waals surface area contributed by atoms with Gasteiger partial charge in [-0.25, -0.2) is 4.98 Å². The van der Waals surface area contributed by atoms with E-state index in [2.05, 4.69) is 0 Å². The molecule has 4 rings (SSSR count). The lowest BCUT2D eigenvalue weighted by Crippen LogP contribution is -2.23. The van der Waals surface area contributed by atoms with Crippen molar-refractivity contribution in [3.63, 3.8) is 0 Å². The van der Waals surface area contributed by atoms with Crippen LogP contribution in [-0.4, -0.2) is 16.2 Å². The van der Waals surface area contributed by atoms with Gasteiger partial charge in [-0.3, -0.25) is 9.36 Å². The molecule has 0 fully saturated rings. The minimum absolute atomic E-state index is 0.0247. The maximum absolute atomic E-state index is 13.2. The van der Waals surface area contributed by atoms with E-state index in [9.17, 15) is 4.79 Å². The molecule has 6 heteroatoms. The third-order valence-corrected chi connectivity index (χ3v) is 5.90. The summed E-state index contributed by atoms with van der Waals surface area (Å²) in [5.41, 5.74) is 2.66. The standard InChI is InChI=1S/C26H24Cl2N2O2/c1-18-9-14-22(28)24(17-18)32-16-6-2-5-15-30-25(19-10-12-20(27)13-11-19)29-23-8-4-3-7-21(23)26(30)31/h3-4,7-14,17H,2,5-6,15-16H2,1H3. The number of hydrogen-bond donors (Lipinski definition) is 0. The lowest BCUT2D eigenvalue weighted by atomic mass is 10.1. The molecular formula is C26H24Cl2N2O2. The molecule has 4 nitrogen and oxygen atoms in total. The third-order valence-electron chi connectivity index (χ3n) is 5.33. The van der Waals surface area contributed by atoms with Crippen molar-refractivity contribution < 1.29 is 4.74 Å². The van der Waals surface area contributed by atoms with Gasteiger partial charge < -0.3 is 4.74 Å². The smallest absolute Gasteiger partial charge is 0.261 e. The monoisotopic (exact) mass is 466 g/mol. The van der Waals surface area contributed by atoms with E-state index >= 15 is 0 Å². The second-order valence-electron chi connectivity index (χ2n) is 7.76. The fourth-order valence-corrected chi connectivity index (χ4v) is 3.94. The number of halogens is 2. The largest absolute Gasteiger partial charge is 0.492 e. The normalized spacial score (nSPS) is 11.1. The average Bonchev–Trinajstić information content (AvgIpc) is 2.80. The lowest BCUT2D eigenvalue weighted by Gasteiger charge is -2.14. The number of para-hydroxylation sites is 1. The van der Waals surface area contributed by atoms with E-state index in [4.69, 9.17) is 32.9 Å². The summed E-state index contributed by atoms with van der Waals surface area (Å²) >= 11 is 12.2. The molecule has 0 bridgehead atoms. The Morgan fingerprint density at radius 2 is 1.72 bits per heavy atom. The van der Waals surface area contributed by atoms with Gasteiger partial charge in [0.15, 0.2) is 0 Å². The van der Waals surface area contributed by atoms with E-state index < -0.39 is 0 Å². The number of fused-ring (bicyclic) bond motifs is 1. The van der Waals surface area contributed by atoms with Crippen LogP contribution in [0.5, 0.6) is 5.75 Å². The highest BCUT2D eigenvalue weighted by Crippen LogP contribution is 2.25. The van der Waals surface area contributed by atoms with Gasteiger partial charge >= 0.3 is 0 Å². The number of rotatable bonds is 8. The third kappa shape index (κ3) is 5.14. The van der Waals surface area contributed by atoms with Crippen LogP contribution in [0.15, 0.2) is 71.5 Å². The van der Waals surface area contributed by atoms with Crippen molar-refractivity contribution in [1.29, 1.82) is 0 Å². The van der Waals surface area contributed by atoms with Crippen LogP contribution >= 0.6 is 23.2 Å². The first-order valence-corrected chi connectivity index (χ1v) is 11.4. The lowest BCUT2D eigenvalue weighted by molar-refractivity contribution is 0.303. The minimum atomic E-state index is -0.0247. The summed E-state index contributed by atoms with van der Waals surface area (Å²) in [6.45, 7) is 3.18. The predicted molar refractivity (Wildman–Crippen MR) is 132 cm³/mol. The van der Waals surface area contributed by atoms with E-state index in [1.807, 2.05) is 73.7 Å². The maximum Gasteiger partial charge on any atom is 0.261 e. The number of hydrogen-bond acceptors (Lipinski definition) is 3. The number of unbranched alkanes of at least 4 members (excludes halogenated alkanes) is 2. The van der Waals surface area contributed by atoms with Crippen LogP contribution in [0.25, 0.3) is 22.3 Å². The maximum atomic E-state index is 13.2. The Morgan fingerprint density at radius 1 is 0.938 bits per heavy atom. The van der Waals surface area contributed by atoms with Crippen LogP contribution in [0, 0.1) is 6.92 Å². The summed E-state index contributed by atoms with van der Waals surface area (Å²) in [5, 5.41) is 1.90. The first kappa shape index (κ1) is 22.4. The van der Waals surface area contributed by atoms with Gasteiger partial charge in [-0.1, -0.05) is 41.4 Å². The Kier molecular flexibility index (Phi) is 7.13. The molecule has 1 aromatic heterocycles. The first-order chi connectivity index (χ1) is 15.5. The number of aromatic nitrogens is 2. The Bertz CT molecular complexity index is 1280. The van der Waals surface area contributed by atoms with Gasteiger partial charge in [-0.15, -0.1) is 0 Å². The second kappa shape index (κ2) is 10.2. The molecule has 0 aliphatic heterocycles. The second-order valence-corrected chi connectivity index (χ2v) is 8.60. The zero-order chi connectivity index (χ0) is 22.5. The SMILES string of the molecule is Cc1ccc(Cl)c(OCCCCCn2c(-c3ccc(Cl)cc3)nc3ccccc3c2=O)c1.